The van der Waals surface area contributed by atoms with E-state index in [2.05, 4.69) is 32.5 Å². The lowest BCUT2D eigenvalue weighted by atomic mass is 9.96. The van der Waals surface area contributed by atoms with Gasteiger partial charge in [-0.3, -0.25) is 9.78 Å². The number of aromatic nitrogens is 3. The Morgan fingerprint density at radius 3 is 2.67 bits per heavy atom. The van der Waals surface area contributed by atoms with Crippen LogP contribution in [0.1, 0.15) is 34.3 Å². The lowest BCUT2D eigenvalue weighted by Crippen LogP contribution is -2.18. The van der Waals surface area contributed by atoms with Crippen LogP contribution in [0.3, 0.4) is 0 Å². The van der Waals surface area contributed by atoms with Gasteiger partial charge in [0.05, 0.1) is 16.8 Å². The fourth-order valence-electron chi connectivity index (χ4n) is 3.73. The zero-order chi connectivity index (χ0) is 22.7. The summed E-state index contributed by atoms with van der Waals surface area (Å²) in [6, 6.07) is 14.4. The number of amides is 1. The van der Waals surface area contributed by atoms with Crippen molar-refractivity contribution < 1.29 is 9.18 Å². The zero-order valence-corrected chi connectivity index (χ0v) is 19.7. The number of hydrogen-bond acceptors (Lipinski definition) is 5. The van der Waals surface area contributed by atoms with Crippen LogP contribution in [0.25, 0.3) is 22.2 Å². The van der Waals surface area contributed by atoms with Crippen molar-refractivity contribution in [3.8, 4) is 11.3 Å². The first kappa shape index (κ1) is 24.1. The molecule has 0 spiro atoms. The number of hydrogen-bond donors (Lipinski definition) is 2. The Labute approximate surface area is 199 Å². The van der Waals surface area contributed by atoms with Gasteiger partial charge in [0.15, 0.2) is 0 Å². The monoisotopic (exact) mass is 463 g/mol. The number of benzene rings is 2. The van der Waals surface area contributed by atoms with Crippen molar-refractivity contribution in [2.24, 2.45) is 0 Å². The molecule has 1 atom stereocenters. The van der Waals surface area contributed by atoms with Crippen molar-refractivity contribution in [2.75, 3.05) is 18.9 Å². The second-order valence-electron chi connectivity index (χ2n) is 7.73. The Hall–Kier alpha value is -3.52. The van der Waals surface area contributed by atoms with Gasteiger partial charge in [-0.2, -0.15) is 13.5 Å². The molecule has 8 heteroatoms. The van der Waals surface area contributed by atoms with Crippen molar-refractivity contribution in [3.63, 3.8) is 0 Å². The van der Waals surface area contributed by atoms with E-state index in [9.17, 15) is 9.18 Å². The number of halogens is 1. The standard InChI is InChI=1S/C25H24FN5O.H2S/c1-15-7-8-20(21(26)11-15)22-12-23(31-14-30-22)29-13-16(2)17-5-4-6-18-19(25(32)27-3)9-10-28-24(17)18;/h4-12,14,16H,13H2,1-3H3,(H,27,32)(H,29,30,31);1H2/t16-;/m1./s1. The predicted molar refractivity (Wildman–Crippen MR) is 135 cm³/mol. The molecule has 2 N–H and O–H groups in total. The molecule has 0 aliphatic rings. The summed E-state index contributed by atoms with van der Waals surface area (Å²) in [4.78, 5) is 25.2. The average Bonchev–Trinajstić information content (AvgIpc) is 2.81. The van der Waals surface area contributed by atoms with Crippen molar-refractivity contribution >= 4 is 36.1 Å². The summed E-state index contributed by atoms with van der Waals surface area (Å²) in [5, 5.41) is 6.81. The summed E-state index contributed by atoms with van der Waals surface area (Å²) in [7, 11) is 1.61. The van der Waals surface area contributed by atoms with Gasteiger partial charge < -0.3 is 10.6 Å². The number of pyridine rings is 1. The number of aryl methyl sites for hydroxylation is 1. The Kier molecular flexibility index (Phi) is 7.60. The number of nitrogens with one attached hydrogen (secondary N) is 2. The van der Waals surface area contributed by atoms with Crippen LogP contribution in [0.4, 0.5) is 10.2 Å². The average molecular weight is 464 g/mol. The topological polar surface area (TPSA) is 79.8 Å². The summed E-state index contributed by atoms with van der Waals surface area (Å²) >= 11 is 0. The summed E-state index contributed by atoms with van der Waals surface area (Å²) < 4.78 is 14.4. The smallest absolute Gasteiger partial charge is 0.251 e. The largest absolute Gasteiger partial charge is 0.369 e. The molecule has 0 saturated carbocycles. The number of rotatable bonds is 6. The minimum absolute atomic E-state index is 0. The fourth-order valence-corrected chi connectivity index (χ4v) is 3.73. The van der Waals surface area contributed by atoms with Crippen LogP contribution in [0.2, 0.25) is 0 Å². The lowest BCUT2D eigenvalue weighted by molar-refractivity contribution is 0.0964. The molecule has 1 amide bonds. The number of carbonyl (C=O) groups excluding carboxylic acids is 1. The third-order valence-corrected chi connectivity index (χ3v) is 5.46. The summed E-state index contributed by atoms with van der Waals surface area (Å²) in [5.74, 6) is 0.246. The highest BCUT2D eigenvalue weighted by Gasteiger charge is 2.15. The van der Waals surface area contributed by atoms with Gasteiger partial charge in [-0.05, 0) is 36.2 Å². The van der Waals surface area contributed by atoms with E-state index in [4.69, 9.17) is 0 Å². The highest BCUT2D eigenvalue weighted by atomic mass is 32.1. The molecule has 2 aromatic heterocycles. The number of carbonyl (C=O) groups is 1. The third kappa shape index (κ3) is 5.12. The Morgan fingerprint density at radius 2 is 1.91 bits per heavy atom. The molecule has 2 aromatic carbocycles. The Balaban J connectivity index is 0.00000306. The minimum Gasteiger partial charge on any atom is -0.369 e. The highest BCUT2D eigenvalue weighted by molar-refractivity contribution is 7.59. The quantitative estimate of drug-likeness (QED) is 0.428. The van der Waals surface area contributed by atoms with E-state index in [1.807, 2.05) is 31.2 Å². The summed E-state index contributed by atoms with van der Waals surface area (Å²) in [6.07, 6.45) is 3.08. The number of para-hydroxylation sites is 1. The molecule has 0 aliphatic heterocycles. The molecule has 0 bridgehead atoms. The predicted octanol–water partition coefficient (Wildman–Crippen LogP) is 4.83. The van der Waals surface area contributed by atoms with Crippen molar-refractivity contribution in [1.82, 2.24) is 20.3 Å². The number of anilines is 1. The molecule has 0 aliphatic carbocycles. The molecular weight excluding hydrogens is 437 g/mol. The van der Waals surface area contributed by atoms with Crippen LogP contribution in [-0.2, 0) is 0 Å². The Bertz CT molecular complexity index is 1300. The molecule has 0 radical (unpaired) electrons. The van der Waals surface area contributed by atoms with E-state index in [-0.39, 0.29) is 31.1 Å². The second kappa shape index (κ2) is 10.4. The van der Waals surface area contributed by atoms with Gasteiger partial charge in [-0.15, -0.1) is 0 Å². The van der Waals surface area contributed by atoms with Gasteiger partial charge in [0, 0.05) is 42.7 Å². The first-order valence-corrected chi connectivity index (χ1v) is 10.4. The lowest BCUT2D eigenvalue weighted by Gasteiger charge is -2.16. The van der Waals surface area contributed by atoms with Gasteiger partial charge >= 0.3 is 0 Å². The van der Waals surface area contributed by atoms with E-state index in [1.165, 1.54) is 12.4 Å². The number of nitrogens with zero attached hydrogens (tertiary/aromatic N) is 3. The Morgan fingerprint density at radius 1 is 1.09 bits per heavy atom. The van der Waals surface area contributed by atoms with E-state index >= 15 is 0 Å². The molecule has 33 heavy (non-hydrogen) atoms. The van der Waals surface area contributed by atoms with Gasteiger partial charge in [0.1, 0.15) is 18.0 Å². The van der Waals surface area contributed by atoms with E-state index in [0.717, 1.165) is 22.0 Å². The molecule has 6 nitrogen and oxygen atoms in total. The first-order valence-electron chi connectivity index (χ1n) is 10.4. The van der Waals surface area contributed by atoms with Gasteiger partial charge in [-0.1, -0.05) is 31.2 Å². The molecule has 4 rings (SSSR count). The summed E-state index contributed by atoms with van der Waals surface area (Å²) in [6.45, 7) is 4.51. The van der Waals surface area contributed by atoms with Crippen LogP contribution < -0.4 is 10.6 Å². The van der Waals surface area contributed by atoms with Crippen LogP contribution >= 0.6 is 13.5 Å². The van der Waals surface area contributed by atoms with Gasteiger partial charge in [0.25, 0.3) is 5.91 Å². The van der Waals surface area contributed by atoms with Crippen molar-refractivity contribution in [3.05, 3.63) is 83.6 Å². The molecular formula is C25H26FN5OS. The molecule has 0 fully saturated rings. The van der Waals surface area contributed by atoms with Crippen LogP contribution in [-0.4, -0.2) is 34.5 Å². The van der Waals surface area contributed by atoms with Crippen molar-refractivity contribution in [2.45, 2.75) is 19.8 Å². The SMILES string of the molecule is CNC(=O)c1ccnc2c([C@H](C)CNc3cc(-c4ccc(C)cc4F)ncn3)cccc12.S. The molecule has 0 saturated heterocycles. The molecule has 2 heterocycles. The van der Waals surface area contributed by atoms with Crippen molar-refractivity contribution in [1.29, 1.82) is 0 Å². The normalized spacial score (nSPS) is 11.5. The van der Waals surface area contributed by atoms with Crippen LogP contribution in [0, 0.1) is 12.7 Å². The third-order valence-electron chi connectivity index (χ3n) is 5.46. The maximum Gasteiger partial charge on any atom is 0.251 e. The molecule has 4 aromatic rings. The van der Waals surface area contributed by atoms with E-state index < -0.39 is 0 Å². The molecule has 170 valence electrons. The molecule has 0 unspecified atom stereocenters. The maximum absolute atomic E-state index is 14.4. The van der Waals surface area contributed by atoms with E-state index in [0.29, 0.717) is 29.2 Å². The first-order chi connectivity index (χ1) is 15.5. The second-order valence-corrected chi connectivity index (χ2v) is 7.73. The van der Waals surface area contributed by atoms with Gasteiger partial charge in [-0.25, -0.2) is 14.4 Å². The minimum atomic E-state index is -0.309. The van der Waals surface area contributed by atoms with Crippen LogP contribution in [0.5, 0.6) is 0 Å². The summed E-state index contributed by atoms with van der Waals surface area (Å²) in [5.41, 5.74) is 4.24. The van der Waals surface area contributed by atoms with E-state index in [1.54, 1.807) is 31.4 Å². The zero-order valence-electron chi connectivity index (χ0n) is 18.7. The van der Waals surface area contributed by atoms with Gasteiger partial charge in [0.2, 0.25) is 0 Å². The highest BCUT2D eigenvalue weighted by Crippen LogP contribution is 2.27. The fraction of sp³-hybridized carbons (Fsp3) is 0.200. The number of fused-ring (bicyclic) bond motifs is 1. The maximum atomic E-state index is 14.4. The van der Waals surface area contributed by atoms with Crippen LogP contribution in [0.15, 0.2) is 61.1 Å².